The van der Waals surface area contributed by atoms with Crippen molar-refractivity contribution in [1.82, 2.24) is 5.32 Å². The SMILES string of the molecule is CCC(CC)O[C@@H]1C=C(Br)C[C@H](N=[N+]=[N-])[C@H]1NC(C)=O. The standard InChI is InChI=1S/C13H21BrN4O2/c1-4-10(5-2)20-12-7-9(14)6-11(17-18-15)13(12)16-8(3)19/h7,10-13H,4-6H2,1-3H3,(H,16,19)/t11-,12+,13+/m0/s1. The Morgan fingerprint density at radius 3 is 2.80 bits per heavy atom. The van der Waals surface area contributed by atoms with Gasteiger partial charge in [-0.3, -0.25) is 4.79 Å². The number of carbonyl (C=O) groups excluding carboxylic acids is 1. The van der Waals surface area contributed by atoms with Crippen LogP contribution in [-0.2, 0) is 9.53 Å². The Kier molecular flexibility index (Phi) is 7.05. The summed E-state index contributed by atoms with van der Waals surface area (Å²) in [4.78, 5) is 14.3. The van der Waals surface area contributed by atoms with Crippen LogP contribution in [0.5, 0.6) is 0 Å². The highest BCUT2D eigenvalue weighted by Gasteiger charge is 2.34. The molecule has 0 spiro atoms. The number of hydrogen-bond acceptors (Lipinski definition) is 3. The summed E-state index contributed by atoms with van der Waals surface area (Å²) < 4.78 is 6.98. The highest BCUT2D eigenvalue weighted by molar-refractivity contribution is 9.11. The number of halogens is 1. The molecule has 0 aromatic heterocycles. The highest BCUT2D eigenvalue weighted by Crippen LogP contribution is 2.29. The van der Waals surface area contributed by atoms with Crippen molar-refractivity contribution in [2.75, 3.05) is 0 Å². The molecule has 0 bridgehead atoms. The molecular formula is C13H21BrN4O2. The Hall–Kier alpha value is -1.04. The molecule has 7 heteroatoms. The summed E-state index contributed by atoms with van der Waals surface area (Å²) in [6.07, 6.45) is 4.15. The van der Waals surface area contributed by atoms with Crippen molar-refractivity contribution < 1.29 is 9.53 Å². The topological polar surface area (TPSA) is 87.1 Å². The lowest BCUT2D eigenvalue weighted by Crippen LogP contribution is -2.52. The van der Waals surface area contributed by atoms with Gasteiger partial charge in [-0.25, -0.2) is 0 Å². The van der Waals surface area contributed by atoms with Gasteiger partial charge in [-0.1, -0.05) is 34.9 Å². The van der Waals surface area contributed by atoms with Crippen molar-refractivity contribution >= 4 is 21.8 Å². The Labute approximate surface area is 127 Å². The van der Waals surface area contributed by atoms with E-state index in [1.807, 2.05) is 6.08 Å². The third-order valence-electron chi connectivity index (χ3n) is 3.35. The van der Waals surface area contributed by atoms with Gasteiger partial charge in [0.1, 0.15) is 0 Å². The Morgan fingerprint density at radius 2 is 2.30 bits per heavy atom. The van der Waals surface area contributed by atoms with E-state index in [1.54, 1.807) is 0 Å². The molecule has 0 unspecified atom stereocenters. The van der Waals surface area contributed by atoms with E-state index in [1.165, 1.54) is 6.92 Å². The van der Waals surface area contributed by atoms with Crippen LogP contribution in [0.25, 0.3) is 10.4 Å². The fourth-order valence-electron chi connectivity index (χ4n) is 2.31. The van der Waals surface area contributed by atoms with Crippen LogP contribution in [0.2, 0.25) is 0 Å². The third kappa shape index (κ3) is 4.81. The molecule has 1 aliphatic carbocycles. The van der Waals surface area contributed by atoms with E-state index in [4.69, 9.17) is 10.3 Å². The molecule has 0 aromatic rings. The van der Waals surface area contributed by atoms with Gasteiger partial charge < -0.3 is 10.1 Å². The number of azide groups is 1. The van der Waals surface area contributed by atoms with Crippen LogP contribution < -0.4 is 5.32 Å². The molecule has 3 atom stereocenters. The minimum atomic E-state index is -0.345. The predicted octanol–water partition coefficient (Wildman–Crippen LogP) is 3.43. The summed E-state index contributed by atoms with van der Waals surface area (Å²) >= 11 is 3.45. The monoisotopic (exact) mass is 344 g/mol. The van der Waals surface area contributed by atoms with E-state index in [2.05, 4.69) is 45.1 Å². The van der Waals surface area contributed by atoms with Crippen molar-refractivity contribution in [3.8, 4) is 0 Å². The second-order valence-electron chi connectivity index (χ2n) is 4.86. The summed E-state index contributed by atoms with van der Waals surface area (Å²) in [5.74, 6) is -0.155. The molecule has 6 nitrogen and oxygen atoms in total. The molecule has 0 fully saturated rings. The van der Waals surface area contributed by atoms with Crippen molar-refractivity contribution in [3.05, 3.63) is 21.0 Å². The number of nitrogens with one attached hydrogen (secondary N) is 1. The van der Waals surface area contributed by atoms with E-state index in [0.717, 1.165) is 17.3 Å². The van der Waals surface area contributed by atoms with Crippen LogP contribution in [0.3, 0.4) is 0 Å². The van der Waals surface area contributed by atoms with Gasteiger partial charge in [0, 0.05) is 11.8 Å². The number of hydrogen-bond donors (Lipinski definition) is 1. The fraction of sp³-hybridized carbons (Fsp3) is 0.769. The van der Waals surface area contributed by atoms with E-state index >= 15 is 0 Å². The summed E-state index contributed by atoms with van der Waals surface area (Å²) in [6.45, 7) is 5.58. The number of carbonyl (C=O) groups is 1. The van der Waals surface area contributed by atoms with Gasteiger partial charge >= 0.3 is 0 Å². The first-order valence-corrected chi connectivity index (χ1v) is 7.64. The van der Waals surface area contributed by atoms with Gasteiger partial charge in [-0.05, 0) is 35.4 Å². The van der Waals surface area contributed by atoms with Crippen LogP contribution >= 0.6 is 15.9 Å². The largest absolute Gasteiger partial charge is 0.369 e. The first-order valence-electron chi connectivity index (χ1n) is 6.84. The predicted molar refractivity (Wildman–Crippen MR) is 81.4 cm³/mol. The molecule has 1 aliphatic rings. The smallest absolute Gasteiger partial charge is 0.217 e. The van der Waals surface area contributed by atoms with Crippen LogP contribution in [0.4, 0.5) is 0 Å². The zero-order valence-electron chi connectivity index (χ0n) is 12.0. The molecule has 0 saturated heterocycles. The Bertz CT molecular complexity index is 417. The molecule has 0 radical (unpaired) electrons. The van der Waals surface area contributed by atoms with E-state index in [-0.39, 0.29) is 30.2 Å². The van der Waals surface area contributed by atoms with Crippen LogP contribution in [0, 0.1) is 0 Å². The molecule has 1 amide bonds. The van der Waals surface area contributed by atoms with Crippen molar-refractivity contribution in [2.45, 2.75) is 64.3 Å². The maximum atomic E-state index is 11.4. The van der Waals surface area contributed by atoms with E-state index in [9.17, 15) is 4.79 Å². The maximum Gasteiger partial charge on any atom is 0.217 e. The zero-order chi connectivity index (χ0) is 15.1. The van der Waals surface area contributed by atoms with Gasteiger partial charge in [-0.15, -0.1) is 0 Å². The summed E-state index contributed by atoms with van der Waals surface area (Å²) in [5, 5.41) is 6.64. The summed E-state index contributed by atoms with van der Waals surface area (Å²) in [7, 11) is 0. The lowest BCUT2D eigenvalue weighted by molar-refractivity contribution is -0.121. The summed E-state index contributed by atoms with van der Waals surface area (Å²) in [6, 6.07) is -0.673. The Morgan fingerprint density at radius 1 is 1.65 bits per heavy atom. The average Bonchev–Trinajstić information content (AvgIpc) is 2.39. The molecular weight excluding hydrogens is 324 g/mol. The lowest BCUT2D eigenvalue weighted by atomic mass is 9.93. The van der Waals surface area contributed by atoms with Gasteiger partial charge in [-0.2, -0.15) is 0 Å². The summed E-state index contributed by atoms with van der Waals surface area (Å²) in [5.41, 5.74) is 8.69. The minimum Gasteiger partial charge on any atom is -0.369 e. The minimum absolute atomic E-state index is 0.123. The molecule has 0 saturated carbocycles. The van der Waals surface area contributed by atoms with Gasteiger partial charge in [0.25, 0.3) is 0 Å². The first kappa shape index (κ1) is 17.0. The average molecular weight is 345 g/mol. The van der Waals surface area contributed by atoms with Crippen molar-refractivity contribution in [3.63, 3.8) is 0 Å². The number of rotatable bonds is 6. The van der Waals surface area contributed by atoms with Gasteiger partial charge in [0.05, 0.1) is 24.3 Å². The molecule has 1 rings (SSSR count). The highest BCUT2D eigenvalue weighted by atomic mass is 79.9. The normalized spacial score (nSPS) is 25.9. The van der Waals surface area contributed by atoms with Gasteiger partial charge in [0.15, 0.2) is 0 Å². The molecule has 112 valence electrons. The Balaban J connectivity index is 2.97. The van der Waals surface area contributed by atoms with E-state index < -0.39 is 0 Å². The molecule has 0 aromatic carbocycles. The molecule has 0 aliphatic heterocycles. The third-order valence-corrected chi connectivity index (χ3v) is 3.94. The van der Waals surface area contributed by atoms with E-state index in [0.29, 0.717) is 6.42 Å². The second kappa shape index (κ2) is 8.29. The van der Waals surface area contributed by atoms with Crippen LogP contribution in [-0.4, -0.2) is 30.2 Å². The van der Waals surface area contributed by atoms with Crippen LogP contribution in [0.15, 0.2) is 15.7 Å². The maximum absolute atomic E-state index is 11.4. The van der Waals surface area contributed by atoms with Crippen molar-refractivity contribution in [1.29, 1.82) is 0 Å². The zero-order valence-corrected chi connectivity index (χ0v) is 13.6. The second-order valence-corrected chi connectivity index (χ2v) is 5.87. The number of ether oxygens (including phenoxy) is 1. The number of nitrogens with zero attached hydrogens (tertiary/aromatic N) is 3. The van der Waals surface area contributed by atoms with Crippen molar-refractivity contribution in [2.24, 2.45) is 5.11 Å². The fourth-order valence-corrected chi connectivity index (χ4v) is 2.91. The lowest BCUT2D eigenvalue weighted by Gasteiger charge is -2.35. The molecule has 20 heavy (non-hydrogen) atoms. The quantitative estimate of drug-likeness (QED) is 0.454. The number of amides is 1. The molecule has 1 N–H and O–H groups in total. The molecule has 0 heterocycles. The first-order chi connectivity index (χ1) is 9.51. The van der Waals surface area contributed by atoms with Gasteiger partial charge in [0.2, 0.25) is 5.91 Å². The van der Waals surface area contributed by atoms with Crippen LogP contribution in [0.1, 0.15) is 40.0 Å².